The van der Waals surface area contributed by atoms with E-state index in [1.165, 1.54) is 11.0 Å². The second kappa shape index (κ2) is 8.03. The molecule has 0 bridgehead atoms. The Kier molecular flexibility index (Phi) is 5.29. The average Bonchev–Trinajstić information content (AvgIpc) is 3.51. The van der Waals surface area contributed by atoms with Crippen LogP contribution in [0.1, 0.15) is 41.6 Å². The van der Waals surface area contributed by atoms with Crippen LogP contribution < -0.4 is 14.4 Å². The third kappa shape index (κ3) is 4.28. The number of sulfonamides is 1. The summed E-state index contributed by atoms with van der Waals surface area (Å²) < 4.78 is 39.8. The molecular weight excluding hydrogens is 468 g/mol. The molecule has 1 aliphatic heterocycles. The molecule has 0 spiro atoms. The van der Waals surface area contributed by atoms with Crippen LogP contribution in [0.25, 0.3) is 0 Å². The first-order chi connectivity index (χ1) is 15.7. The Balaban J connectivity index is 1.46. The van der Waals surface area contributed by atoms with Gasteiger partial charge in [0, 0.05) is 17.0 Å². The van der Waals surface area contributed by atoms with Crippen LogP contribution >= 0.6 is 11.6 Å². The summed E-state index contributed by atoms with van der Waals surface area (Å²) in [6.07, 6.45) is 2.06. The van der Waals surface area contributed by atoms with E-state index in [0.29, 0.717) is 39.6 Å². The minimum absolute atomic E-state index is 0.0468. The van der Waals surface area contributed by atoms with Gasteiger partial charge < -0.3 is 9.26 Å². The number of fused-ring (bicyclic) bond motifs is 1. The van der Waals surface area contributed by atoms with Crippen molar-refractivity contribution < 1.29 is 22.5 Å². The van der Waals surface area contributed by atoms with Gasteiger partial charge in [-0.2, -0.15) is 4.98 Å². The lowest BCUT2D eigenvalue weighted by molar-refractivity contribution is -0.121. The third-order valence-electron chi connectivity index (χ3n) is 5.64. The number of hydrogen-bond donors (Lipinski definition) is 1. The van der Waals surface area contributed by atoms with Gasteiger partial charge >= 0.3 is 0 Å². The normalized spacial score (nSPS) is 15.8. The maximum Gasteiger partial charge on any atom is 0.265 e. The van der Waals surface area contributed by atoms with E-state index in [2.05, 4.69) is 14.9 Å². The summed E-state index contributed by atoms with van der Waals surface area (Å²) in [6, 6.07) is 8.03. The Morgan fingerprint density at radius 2 is 1.97 bits per heavy atom. The number of carbonyl (C=O) groups is 1. The smallest absolute Gasteiger partial charge is 0.265 e. The van der Waals surface area contributed by atoms with Crippen molar-refractivity contribution in [2.24, 2.45) is 0 Å². The van der Waals surface area contributed by atoms with Crippen molar-refractivity contribution in [3.8, 4) is 5.75 Å². The second-order valence-electron chi connectivity index (χ2n) is 8.24. The number of amides is 1. The number of nitrogens with zero attached hydrogens (tertiary/aromatic N) is 3. The first-order valence-corrected chi connectivity index (χ1v) is 12.3. The van der Waals surface area contributed by atoms with Crippen LogP contribution in [0, 0.1) is 13.8 Å². The van der Waals surface area contributed by atoms with Crippen LogP contribution in [0.4, 0.5) is 11.4 Å². The van der Waals surface area contributed by atoms with E-state index in [4.69, 9.17) is 20.9 Å². The molecule has 0 saturated heterocycles. The van der Waals surface area contributed by atoms with Crippen molar-refractivity contribution in [2.75, 3.05) is 16.2 Å². The number of rotatable bonds is 6. The summed E-state index contributed by atoms with van der Waals surface area (Å²) in [7, 11) is -3.94. The Bertz CT molecular complexity index is 1370. The minimum Gasteiger partial charge on any atom is -0.482 e. The molecule has 1 amide bonds. The van der Waals surface area contributed by atoms with E-state index in [9.17, 15) is 13.2 Å². The number of halogens is 1. The number of benzene rings is 2. The van der Waals surface area contributed by atoms with Gasteiger partial charge in [0.1, 0.15) is 5.75 Å². The van der Waals surface area contributed by atoms with Gasteiger partial charge in [0.05, 0.1) is 22.8 Å². The highest BCUT2D eigenvalue weighted by molar-refractivity contribution is 7.92. The Morgan fingerprint density at radius 3 is 2.73 bits per heavy atom. The summed E-state index contributed by atoms with van der Waals surface area (Å²) in [5.74, 6) is 1.30. The lowest BCUT2D eigenvalue weighted by Gasteiger charge is -2.29. The van der Waals surface area contributed by atoms with Crippen LogP contribution in [-0.2, 0) is 21.4 Å². The van der Waals surface area contributed by atoms with Gasteiger partial charge in [-0.25, -0.2) is 8.42 Å². The molecular formula is C22H21ClN4O5S. The molecule has 11 heteroatoms. The van der Waals surface area contributed by atoms with E-state index < -0.39 is 10.0 Å². The molecule has 2 aromatic carbocycles. The fourth-order valence-corrected chi connectivity index (χ4v) is 5.20. The first kappa shape index (κ1) is 21.7. The standard InChI is InChI=1S/C22H21ClN4O5S/c1-12-3-6-15(23)8-16(12)26-33(29,30)19-9-18-17(7-13(19)2)27(21(28)11-31-18)10-20-24-22(32-25-20)14-4-5-14/h3,6-9,14,26H,4-5,10-11H2,1-2H3. The molecule has 1 N–H and O–H groups in total. The quantitative estimate of drug-likeness (QED) is 0.558. The average molecular weight is 489 g/mol. The minimum atomic E-state index is -3.94. The summed E-state index contributed by atoms with van der Waals surface area (Å²) in [5.41, 5.74) is 2.04. The first-order valence-electron chi connectivity index (χ1n) is 10.4. The lowest BCUT2D eigenvalue weighted by Crippen LogP contribution is -2.38. The number of carbonyl (C=O) groups excluding carboxylic acids is 1. The van der Waals surface area contributed by atoms with E-state index >= 15 is 0 Å². The van der Waals surface area contributed by atoms with Crippen LogP contribution in [0.2, 0.25) is 5.02 Å². The molecule has 2 aliphatic rings. The van der Waals surface area contributed by atoms with Crippen LogP contribution in [0.3, 0.4) is 0 Å². The van der Waals surface area contributed by atoms with Crippen molar-refractivity contribution in [2.45, 2.75) is 44.0 Å². The zero-order valence-electron chi connectivity index (χ0n) is 18.0. The summed E-state index contributed by atoms with van der Waals surface area (Å²) in [4.78, 5) is 18.5. The van der Waals surface area contributed by atoms with E-state index in [1.54, 1.807) is 38.1 Å². The Hall–Kier alpha value is -3.11. The number of ether oxygens (including phenoxy) is 1. The number of aryl methyl sites for hydroxylation is 2. The third-order valence-corrected chi connectivity index (χ3v) is 7.39. The fraction of sp³-hybridized carbons (Fsp3) is 0.318. The van der Waals surface area contributed by atoms with Crippen LogP contribution in [0.15, 0.2) is 39.8 Å². The molecule has 0 radical (unpaired) electrons. The van der Waals surface area contributed by atoms with Crippen LogP contribution in [-0.4, -0.2) is 31.1 Å². The molecule has 33 heavy (non-hydrogen) atoms. The Morgan fingerprint density at radius 1 is 1.18 bits per heavy atom. The van der Waals surface area contributed by atoms with Crippen molar-refractivity contribution in [3.63, 3.8) is 0 Å². The number of nitrogens with one attached hydrogen (secondary N) is 1. The number of hydrogen-bond acceptors (Lipinski definition) is 7. The molecule has 1 fully saturated rings. The maximum absolute atomic E-state index is 13.2. The molecule has 2 heterocycles. The topological polar surface area (TPSA) is 115 Å². The highest BCUT2D eigenvalue weighted by atomic mass is 35.5. The van der Waals surface area contributed by atoms with Crippen molar-refractivity contribution in [1.82, 2.24) is 10.1 Å². The summed E-state index contributed by atoms with van der Waals surface area (Å²) in [6.45, 7) is 3.34. The number of aromatic nitrogens is 2. The fourth-order valence-electron chi connectivity index (χ4n) is 3.67. The van der Waals surface area contributed by atoms with E-state index in [1.807, 2.05) is 0 Å². The predicted molar refractivity (Wildman–Crippen MR) is 121 cm³/mol. The van der Waals surface area contributed by atoms with Crippen molar-refractivity contribution in [1.29, 1.82) is 0 Å². The summed E-state index contributed by atoms with van der Waals surface area (Å²) in [5, 5.41) is 4.40. The second-order valence-corrected chi connectivity index (χ2v) is 10.3. The van der Waals surface area contributed by atoms with Gasteiger partial charge in [0.2, 0.25) is 5.89 Å². The SMILES string of the molecule is Cc1ccc(Cl)cc1NS(=O)(=O)c1cc2c(cc1C)N(Cc1noc(C3CC3)n1)C(=O)CO2. The molecule has 1 aromatic heterocycles. The highest BCUT2D eigenvalue weighted by Crippen LogP contribution is 2.40. The molecule has 0 atom stereocenters. The van der Waals surface area contributed by atoms with Gasteiger partial charge in [-0.3, -0.25) is 14.4 Å². The van der Waals surface area contributed by atoms with E-state index in [0.717, 1.165) is 18.4 Å². The maximum atomic E-state index is 13.2. The van der Waals surface area contributed by atoms with Gasteiger partial charge in [0.25, 0.3) is 15.9 Å². The monoisotopic (exact) mass is 488 g/mol. The zero-order chi connectivity index (χ0) is 23.3. The van der Waals surface area contributed by atoms with Gasteiger partial charge in [-0.05, 0) is 56.0 Å². The molecule has 1 saturated carbocycles. The molecule has 172 valence electrons. The van der Waals surface area contributed by atoms with E-state index in [-0.39, 0.29) is 29.7 Å². The highest BCUT2D eigenvalue weighted by Gasteiger charge is 2.33. The Labute approximate surface area is 195 Å². The largest absolute Gasteiger partial charge is 0.482 e. The van der Waals surface area contributed by atoms with Gasteiger partial charge in [0.15, 0.2) is 12.4 Å². The van der Waals surface area contributed by atoms with Gasteiger partial charge in [-0.15, -0.1) is 0 Å². The van der Waals surface area contributed by atoms with Crippen LogP contribution in [0.5, 0.6) is 5.75 Å². The van der Waals surface area contributed by atoms with Gasteiger partial charge in [-0.1, -0.05) is 22.8 Å². The van der Waals surface area contributed by atoms with Crippen molar-refractivity contribution in [3.05, 3.63) is 58.2 Å². The molecule has 0 unspecified atom stereocenters. The number of anilines is 2. The molecule has 1 aliphatic carbocycles. The zero-order valence-corrected chi connectivity index (χ0v) is 19.5. The summed E-state index contributed by atoms with van der Waals surface area (Å²) >= 11 is 6.03. The molecule has 3 aromatic rings. The molecule has 9 nitrogen and oxygen atoms in total. The lowest BCUT2D eigenvalue weighted by atomic mass is 10.1. The van der Waals surface area contributed by atoms with Crippen molar-refractivity contribution >= 4 is 38.9 Å². The molecule has 5 rings (SSSR count). The predicted octanol–water partition coefficient (Wildman–Crippen LogP) is 3.94.